The molecule has 0 aliphatic heterocycles. The Balaban J connectivity index is 3.27. The van der Waals surface area contributed by atoms with Crippen LogP contribution in [0.25, 0.3) is 0 Å². The summed E-state index contributed by atoms with van der Waals surface area (Å²) in [6.07, 6.45) is -5.04. The van der Waals surface area contributed by atoms with E-state index in [4.69, 9.17) is 0 Å². The molecule has 0 fully saturated rings. The van der Waals surface area contributed by atoms with Crippen LogP contribution in [0.15, 0.2) is 12.1 Å². The zero-order chi connectivity index (χ0) is 14.1. The van der Waals surface area contributed by atoms with Gasteiger partial charge in [0.15, 0.2) is 0 Å². The molecule has 0 radical (unpaired) electrons. The van der Waals surface area contributed by atoms with Gasteiger partial charge in [0.05, 0.1) is 0 Å². The number of rotatable bonds is 0. The molecule has 0 saturated carbocycles. The van der Waals surface area contributed by atoms with E-state index in [9.17, 15) is 22.0 Å². The topological polar surface area (TPSA) is 0 Å². The van der Waals surface area contributed by atoms with Crippen molar-refractivity contribution in [2.45, 2.75) is 25.8 Å². The normalized spacial score (nSPS) is 12.0. The predicted molar refractivity (Wildman–Crippen MR) is 61.6 cm³/mol. The van der Waals surface area contributed by atoms with Gasteiger partial charge >= 0.3 is 6.18 Å². The van der Waals surface area contributed by atoms with Gasteiger partial charge in [0.25, 0.3) is 0 Å². The first-order chi connectivity index (χ1) is 8.00. The lowest BCUT2D eigenvalue weighted by Crippen LogP contribution is -2.16. The molecule has 0 atom stereocenters. The van der Waals surface area contributed by atoms with E-state index in [-0.39, 0.29) is 5.56 Å². The average Bonchev–Trinajstić information content (AvgIpc) is 2.10. The number of hydrogen-bond acceptors (Lipinski definition) is 0. The van der Waals surface area contributed by atoms with E-state index in [0.717, 1.165) is 0 Å². The van der Waals surface area contributed by atoms with Crippen LogP contribution in [-0.2, 0) is 6.18 Å². The van der Waals surface area contributed by atoms with Crippen LogP contribution in [0.1, 0.15) is 11.1 Å². The van der Waals surface area contributed by atoms with Gasteiger partial charge < -0.3 is 0 Å². The fourth-order valence-electron chi connectivity index (χ4n) is 1.18. The second-order valence-electron chi connectivity index (χ2n) is 4.81. The third-order valence-corrected chi connectivity index (χ3v) is 2.78. The summed E-state index contributed by atoms with van der Waals surface area (Å²) < 4.78 is 63.3. The Morgan fingerprint density at radius 2 is 1.44 bits per heavy atom. The second-order valence-corrected chi connectivity index (χ2v) is 9.56. The molecule has 0 unspecified atom stereocenters. The summed E-state index contributed by atoms with van der Waals surface area (Å²) >= 11 is 0. The van der Waals surface area contributed by atoms with E-state index in [1.165, 1.54) is 0 Å². The van der Waals surface area contributed by atoms with Crippen molar-refractivity contribution >= 4 is 8.07 Å². The largest absolute Gasteiger partial charge is 0.422 e. The van der Waals surface area contributed by atoms with Crippen molar-refractivity contribution in [2.75, 3.05) is 0 Å². The maximum absolute atomic E-state index is 13.2. The highest BCUT2D eigenvalue weighted by atomic mass is 28.3. The Bertz CT molecular complexity index is 491. The van der Waals surface area contributed by atoms with Crippen LogP contribution in [0.2, 0.25) is 19.6 Å². The Morgan fingerprint density at radius 1 is 1.00 bits per heavy atom. The average molecular weight is 278 g/mol. The summed E-state index contributed by atoms with van der Waals surface area (Å²) in [5.41, 5.74) is 0.868. The highest BCUT2D eigenvalue weighted by molar-refractivity contribution is 6.83. The molecule has 0 bridgehead atoms. The minimum absolute atomic E-state index is 0.0829. The van der Waals surface area contributed by atoms with Gasteiger partial charge in [-0.1, -0.05) is 25.6 Å². The minimum Gasteiger partial charge on any atom is -0.206 e. The second kappa shape index (κ2) is 4.73. The lowest BCUT2D eigenvalue weighted by atomic mass is 10.1. The van der Waals surface area contributed by atoms with Crippen molar-refractivity contribution in [3.8, 4) is 11.5 Å². The molecule has 0 spiro atoms. The Kier molecular flexibility index (Phi) is 3.86. The van der Waals surface area contributed by atoms with Crippen molar-refractivity contribution < 1.29 is 22.0 Å². The molecule has 0 aromatic heterocycles. The standard InChI is InChI=1S/C12H11F5Si/c1-18(2,3)5-4-8-6-9(13)11(10(14)7-8)12(15,16)17/h6-7H,1-3H3. The van der Waals surface area contributed by atoms with Crippen LogP contribution >= 0.6 is 0 Å². The van der Waals surface area contributed by atoms with E-state index in [1.807, 2.05) is 19.6 Å². The van der Waals surface area contributed by atoms with Crippen LogP contribution < -0.4 is 0 Å². The fraction of sp³-hybridized carbons (Fsp3) is 0.333. The van der Waals surface area contributed by atoms with Crippen molar-refractivity contribution in [1.82, 2.24) is 0 Å². The molecule has 0 aliphatic carbocycles. The highest BCUT2D eigenvalue weighted by Crippen LogP contribution is 2.33. The Hall–Kier alpha value is -1.35. The molecule has 98 valence electrons. The van der Waals surface area contributed by atoms with Crippen molar-refractivity contribution in [3.63, 3.8) is 0 Å². The monoisotopic (exact) mass is 278 g/mol. The van der Waals surface area contributed by atoms with E-state index in [2.05, 4.69) is 11.5 Å². The number of alkyl halides is 3. The van der Waals surface area contributed by atoms with Crippen LogP contribution in [-0.4, -0.2) is 8.07 Å². The molecule has 1 aromatic carbocycles. The van der Waals surface area contributed by atoms with E-state index >= 15 is 0 Å². The summed E-state index contributed by atoms with van der Waals surface area (Å²) in [6, 6.07) is 1.22. The van der Waals surface area contributed by atoms with Gasteiger partial charge in [-0.05, 0) is 12.1 Å². The predicted octanol–water partition coefficient (Wildman–Crippen LogP) is 4.21. The van der Waals surface area contributed by atoms with Gasteiger partial charge in [-0.3, -0.25) is 0 Å². The fourth-order valence-corrected chi connectivity index (χ4v) is 1.70. The first kappa shape index (κ1) is 14.7. The molecule has 18 heavy (non-hydrogen) atoms. The zero-order valence-corrected chi connectivity index (χ0v) is 11.0. The Labute approximate surface area is 103 Å². The van der Waals surface area contributed by atoms with Crippen molar-refractivity contribution in [2.24, 2.45) is 0 Å². The van der Waals surface area contributed by atoms with Gasteiger partial charge in [-0.25, -0.2) is 8.78 Å². The summed E-state index contributed by atoms with van der Waals surface area (Å²) in [6.45, 7) is 5.74. The third kappa shape index (κ3) is 3.84. The maximum atomic E-state index is 13.2. The lowest BCUT2D eigenvalue weighted by Gasteiger charge is -2.09. The number of halogens is 5. The number of hydrogen-bond donors (Lipinski definition) is 0. The van der Waals surface area contributed by atoms with Crippen LogP contribution in [0.3, 0.4) is 0 Å². The maximum Gasteiger partial charge on any atom is 0.422 e. The molecule has 0 saturated heterocycles. The summed E-state index contributed by atoms with van der Waals surface area (Å²) in [7, 11) is -1.75. The van der Waals surface area contributed by atoms with Gasteiger partial charge in [0, 0.05) is 5.56 Å². The van der Waals surface area contributed by atoms with Crippen molar-refractivity contribution in [1.29, 1.82) is 0 Å². The molecule has 0 N–H and O–H groups in total. The van der Waals surface area contributed by atoms with E-state index in [1.54, 1.807) is 0 Å². The van der Waals surface area contributed by atoms with Crippen LogP contribution in [0.5, 0.6) is 0 Å². The highest BCUT2D eigenvalue weighted by Gasteiger charge is 2.37. The van der Waals surface area contributed by atoms with E-state index < -0.39 is 31.4 Å². The van der Waals surface area contributed by atoms with Gasteiger partial charge in [0.2, 0.25) is 0 Å². The lowest BCUT2D eigenvalue weighted by molar-refractivity contribution is -0.142. The molecular formula is C12H11F5Si. The molecule has 6 heteroatoms. The molecule has 0 amide bonds. The smallest absolute Gasteiger partial charge is 0.206 e. The SMILES string of the molecule is C[Si](C)(C)C#Cc1cc(F)c(C(F)(F)F)c(F)c1. The minimum atomic E-state index is -5.04. The molecule has 1 aromatic rings. The van der Waals surface area contributed by atoms with Gasteiger partial charge in [-0.2, -0.15) is 13.2 Å². The summed E-state index contributed by atoms with van der Waals surface area (Å²) in [4.78, 5) is 0. The first-order valence-electron chi connectivity index (χ1n) is 5.10. The molecule has 0 heterocycles. The summed E-state index contributed by atoms with van der Waals surface area (Å²) in [5, 5.41) is 0. The molecule has 1 rings (SSSR count). The van der Waals surface area contributed by atoms with E-state index in [0.29, 0.717) is 12.1 Å². The van der Waals surface area contributed by atoms with Gasteiger partial charge in [-0.15, -0.1) is 5.54 Å². The summed E-state index contributed by atoms with van der Waals surface area (Å²) in [5.74, 6) is -0.764. The first-order valence-corrected chi connectivity index (χ1v) is 8.60. The van der Waals surface area contributed by atoms with Crippen molar-refractivity contribution in [3.05, 3.63) is 34.9 Å². The molecule has 0 aliphatic rings. The van der Waals surface area contributed by atoms with Crippen LogP contribution in [0, 0.1) is 23.1 Å². The quantitative estimate of drug-likeness (QED) is 0.379. The molecule has 0 nitrogen and oxygen atoms in total. The number of benzene rings is 1. The third-order valence-electron chi connectivity index (χ3n) is 1.91. The van der Waals surface area contributed by atoms with Crippen LogP contribution in [0.4, 0.5) is 22.0 Å². The zero-order valence-electron chi connectivity index (χ0n) is 10.0. The van der Waals surface area contributed by atoms with Gasteiger partial charge in [0.1, 0.15) is 25.3 Å². The molecular weight excluding hydrogens is 267 g/mol. The Morgan fingerprint density at radius 3 is 1.78 bits per heavy atom.